The van der Waals surface area contributed by atoms with Gasteiger partial charge in [-0.2, -0.15) is 0 Å². The van der Waals surface area contributed by atoms with Gasteiger partial charge in [0.05, 0.1) is 6.61 Å². The largest absolute Gasteiger partial charge is 0.512 e. The molecule has 0 aliphatic rings. The topological polar surface area (TPSA) is 72.8 Å². The van der Waals surface area contributed by atoms with Crippen molar-refractivity contribution in [2.75, 3.05) is 6.61 Å². The highest BCUT2D eigenvalue weighted by Gasteiger charge is 2.03. The number of carboxylic acid groups (broad SMARTS) is 1. The number of carbonyl (C=O) groups is 1. The highest BCUT2D eigenvalue weighted by molar-refractivity contribution is 7.34. The normalized spacial score (nSPS) is 12.5. The zero-order chi connectivity index (χ0) is 8.69. The summed E-state index contributed by atoms with van der Waals surface area (Å²) in [5.41, 5.74) is 0. The molecule has 0 aromatic rings. The number of hydrogen-bond donors (Lipinski definition) is 1. The van der Waals surface area contributed by atoms with Crippen LogP contribution >= 0.6 is 8.25 Å². The summed E-state index contributed by atoms with van der Waals surface area (Å²) in [5, 5.41) is 7.96. The zero-order valence-corrected chi connectivity index (χ0v) is 7.20. The van der Waals surface area contributed by atoms with Crippen LogP contribution in [0.2, 0.25) is 0 Å². The fourth-order valence-corrected chi connectivity index (χ4v) is 0.913. The highest BCUT2D eigenvalue weighted by atomic mass is 31.1. The van der Waals surface area contributed by atoms with Crippen LogP contribution in [-0.2, 0) is 13.6 Å². The first-order valence-corrected chi connectivity index (χ1v) is 4.46. The Morgan fingerprint density at radius 1 is 1.64 bits per heavy atom. The van der Waals surface area contributed by atoms with Gasteiger partial charge in [-0.15, -0.1) is 0 Å². The summed E-state index contributed by atoms with van der Waals surface area (Å²) < 4.78 is 18.9. The maximum Gasteiger partial charge on any atom is 0.512 e. The molecule has 5 nitrogen and oxygen atoms in total. The summed E-state index contributed by atoms with van der Waals surface area (Å²) in [6, 6.07) is 0. The van der Waals surface area contributed by atoms with Gasteiger partial charge in [0.1, 0.15) is 0 Å². The first kappa shape index (κ1) is 10.5. The van der Waals surface area contributed by atoms with Crippen LogP contribution in [0.5, 0.6) is 0 Å². The second-order valence-corrected chi connectivity index (χ2v) is 2.81. The van der Waals surface area contributed by atoms with E-state index in [4.69, 9.17) is 5.11 Å². The summed E-state index contributed by atoms with van der Waals surface area (Å²) in [5.74, 6) is 0. The molecule has 0 radical (unpaired) electrons. The minimum atomic E-state index is -2.81. The van der Waals surface area contributed by atoms with Gasteiger partial charge in [-0.3, -0.25) is 0 Å². The molecule has 11 heavy (non-hydrogen) atoms. The fraction of sp³-hybridized carbons (Fsp3) is 0.800. The van der Waals surface area contributed by atoms with Gasteiger partial charge in [0.2, 0.25) is 0 Å². The molecule has 0 aromatic carbocycles. The molecule has 1 N–H and O–H groups in total. The highest BCUT2D eigenvalue weighted by Crippen LogP contribution is 2.23. The summed E-state index contributed by atoms with van der Waals surface area (Å²) >= 11 is 0. The smallest absolute Gasteiger partial charge is 0.449 e. The summed E-state index contributed by atoms with van der Waals surface area (Å²) in [6.45, 7) is 2.22. The molecule has 1 atom stereocenters. The van der Waals surface area contributed by atoms with Crippen molar-refractivity contribution < 1.29 is 23.5 Å². The Bertz CT molecular complexity index is 146. The van der Waals surface area contributed by atoms with E-state index in [9.17, 15) is 9.36 Å². The van der Waals surface area contributed by atoms with Gasteiger partial charge < -0.3 is 14.2 Å². The fourth-order valence-electron chi connectivity index (χ4n) is 0.401. The lowest BCUT2D eigenvalue weighted by atomic mass is 10.4. The van der Waals surface area contributed by atoms with Gasteiger partial charge in [0, 0.05) is 0 Å². The van der Waals surface area contributed by atoms with Crippen LogP contribution in [0.15, 0.2) is 0 Å². The lowest BCUT2D eigenvalue weighted by molar-refractivity contribution is 0.136. The van der Waals surface area contributed by atoms with E-state index >= 15 is 0 Å². The summed E-state index contributed by atoms with van der Waals surface area (Å²) in [6.07, 6.45) is 0.0899. The van der Waals surface area contributed by atoms with Crippen molar-refractivity contribution in [3.63, 3.8) is 0 Å². The second kappa shape index (κ2) is 6.19. The number of rotatable bonds is 5. The van der Waals surface area contributed by atoms with E-state index in [-0.39, 0.29) is 6.61 Å². The molecule has 6 heteroatoms. The van der Waals surface area contributed by atoms with E-state index in [1.807, 2.05) is 6.92 Å². The van der Waals surface area contributed by atoms with Crippen LogP contribution < -0.4 is 0 Å². The second-order valence-electron chi connectivity index (χ2n) is 1.82. The van der Waals surface area contributed by atoms with Crippen molar-refractivity contribution in [1.29, 1.82) is 0 Å². The van der Waals surface area contributed by atoms with Crippen LogP contribution in [-0.4, -0.2) is 17.9 Å². The predicted octanol–water partition coefficient (Wildman–Crippen LogP) is 1.89. The molecule has 0 aliphatic carbocycles. The predicted molar refractivity (Wildman–Crippen MR) is 39.0 cm³/mol. The Kier molecular flexibility index (Phi) is 5.88. The molecule has 0 saturated carbocycles. The van der Waals surface area contributed by atoms with E-state index in [1.54, 1.807) is 0 Å². The van der Waals surface area contributed by atoms with Crippen LogP contribution in [0.4, 0.5) is 4.79 Å². The molecule has 0 amide bonds. The van der Waals surface area contributed by atoms with Crippen LogP contribution in [0.25, 0.3) is 0 Å². The van der Waals surface area contributed by atoms with Gasteiger partial charge in [-0.25, -0.2) is 9.36 Å². The van der Waals surface area contributed by atoms with Gasteiger partial charge in [-0.1, -0.05) is 13.3 Å². The molecule has 0 saturated heterocycles. The Hall–Kier alpha value is -0.540. The van der Waals surface area contributed by atoms with Crippen molar-refractivity contribution >= 4 is 14.4 Å². The average molecular weight is 182 g/mol. The van der Waals surface area contributed by atoms with Gasteiger partial charge in [-0.05, 0) is 6.42 Å². The monoisotopic (exact) mass is 182 g/mol. The minimum Gasteiger partial charge on any atom is -0.449 e. The lowest BCUT2D eigenvalue weighted by Crippen LogP contribution is -1.94. The van der Waals surface area contributed by atoms with Crippen molar-refractivity contribution in [2.24, 2.45) is 0 Å². The Labute approximate surface area is 65.3 Å². The van der Waals surface area contributed by atoms with E-state index in [0.717, 1.165) is 12.8 Å². The van der Waals surface area contributed by atoms with Crippen LogP contribution in [0.1, 0.15) is 19.8 Å². The first-order chi connectivity index (χ1) is 5.16. The van der Waals surface area contributed by atoms with Gasteiger partial charge in [0.25, 0.3) is 0 Å². The Morgan fingerprint density at radius 2 is 2.27 bits per heavy atom. The van der Waals surface area contributed by atoms with E-state index in [1.165, 1.54) is 0 Å². The molecule has 0 aliphatic heterocycles. The lowest BCUT2D eigenvalue weighted by Gasteiger charge is -2.00. The van der Waals surface area contributed by atoms with Crippen molar-refractivity contribution in [3.8, 4) is 0 Å². The molecule has 0 fully saturated rings. The third-order valence-corrected chi connectivity index (χ3v) is 1.67. The molecule has 0 aromatic heterocycles. The Morgan fingerprint density at radius 3 is 2.73 bits per heavy atom. The van der Waals surface area contributed by atoms with Gasteiger partial charge >= 0.3 is 14.4 Å². The summed E-state index contributed by atoms with van der Waals surface area (Å²) in [4.78, 5) is 9.77. The number of hydrogen-bond acceptors (Lipinski definition) is 4. The minimum absolute atomic E-state index is 0.279. The quantitative estimate of drug-likeness (QED) is 0.519. The molecule has 0 bridgehead atoms. The maximum atomic E-state index is 10.5. The maximum absolute atomic E-state index is 10.5. The van der Waals surface area contributed by atoms with E-state index in [2.05, 4.69) is 9.05 Å². The first-order valence-electron chi connectivity index (χ1n) is 3.24. The van der Waals surface area contributed by atoms with Crippen LogP contribution in [0.3, 0.4) is 0 Å². The zero-order valence-electron chi connectivity index (χ0n) is 6.20. The molecule has 0 heterocycles. The molecule has 0 rings (SSSR count). The van der Waals surface area contributed by atoms with Crippen molar-refractivity contribution in [3.05, 3.63) is 0 Å². The SMILES string of the molecule is CCCCO[PH](=O)OC(=O)O. The third-order valence-electron chi connectivity index (χ3n) is 0.888. The molecular weight excluding hydrogens is 171 g/mol. The van der Waals surface area contributed by atoms with Gasteiger partial charge in [0.15, 0.2) is 0 Å². The van der Waals surface area contributed by atoms with Crippen LogP contribution in [0, 0.1) is 0 Å². The Balaban J connectivity index is 3.30. The molecular formula is C5H11O5P. The average Bonchev–Trinajstić information content (AvgIpc) is 1.86. The van der Waals surface area contributed by atoms with Crippen molar-refractivity contribution in [1.82, 2.24) is 0 Å². The van der Waals surface area contributed by atoms with E-state index in [0.29, 0.717) is 0 Å². The van der Waals surface area contributed by atoms with E-state index < -0.39 is 14.4 Å². The molecule has 0 spiro atoms. The third kappa shape index (κ3) is 7.36. The molecule has 1 unspecified atom stereocenters. The van der Waals surface area contributed by atoms with Crippen molar-refractivity contribution in [2.45, 2.75) is 19.8 Å². The molecule has 66 valence electrons. The standard InChI is InChI=1S/C5H11O5P/c1-2-3-4-9-11(8)10-5(6)7/h11H,2-4H2,1H3,(H,6,7). The number of unbranched alkanes of at least 4 members (excludes halogenated alkanes) is 1. The summed E-state index contributed by atoms with van der Waals surface area (Å²) in [7, 11) is -2.81.